The standard InChI is InChI=1S/C13H24N2/c1-2-4-6-12(5-3-1)15-10-13(11-15)7-8-14-9-13/h12,14H,1-11H2. The van der Waals surface area contributed by atoms with Crippen LogP contribution in [0.2, 0.25) is 0 Å². The molecule has 0 bridgehead atoms. The van der Waals surface area contributed by atoms with Gasteiger partial charge in [-0.25, -0.2) is 0 Å². The topological polar surface area (TPSA) is 15.3 Å². The summed E-state index contributed by atoms with van der Waals surface area (Å²) >= 11 is 0. The summed E-state index contributed by atoms with van der Waals surface area (Å²) < 4.78 is 0. The molecule has 1 N–H and O–H groups in total. The van der Waals surface area contributed by atoms with E-state index in [9.17, 15) is 0 Å². The van der Waals surface area contributed by atoms with E-state index in [-0.39, 0.29) is 0 Å². The highest BCUT2D eigenvalue weighted by atomic mass is 15.3. The largest absolute Gasteiger partial charge is 0.316 e. The Bertz CT molecular complexity index is 205. The van der Waals surface area contributed by atoms with Crippen LogP contribution in [0.3, 0.4) is 0 Å². The molecule has 1 spiro atoms. The van der Waals surface area contributed by atoms with Gasteiger partial charge in [0.15, 0.2) is 0 Å². The van der Waals surface area contributed by atoms with Crippen LogP contribution in [0.1, 0.15) is 44.9 Å². The highest BCUT2D eigenvalue weighted by molar-refractivity contribution is 5.02. The predicted octanol–water partition coefficient (Wildman–Crippen LogP) is 2.00. The molecule has 2 heteroatoms. The van der Waals surface area contributed by atoms with Crippen molar-refractivity contribution < 1.29 is 0 Å². The molecule has 2 nitrogen and oxygen atoms in total. The number of hydrogen-bond acceptors (Lipinski definition) is 2. The van der Waals surface area contributed by atoms with E-state index in [1.807, 2.05) is 0 Å². The average Bonchev–Trinajstić information content (AvgIpc) is 2.53. The van der Waals surface area contributed by atoms with Gasteiger partial charge in [-0.1, -0.05) is 25.7 Å². The minimum absolute atomic E-state index is 0.701. The molecule has 86 valence electrons. The minimum Gasteiger partial charge on any atom is -0.316 e. The van der Waals surface area contributed by atoms with Crippen molar-refractivity contribution in [2.45, 2.75) is 51.0 Å². The molecule has 15 heavy (non-hydrogen) atoms. The van der Waals surface area contributed by atoms with Crippen LogP contribution >= 0.6 is 0 Å². The van der Waals surface area contributed by atoms with Gasteiger partial charge in [0.25, 0.3) is 0 Å². The van der Waals surface area contributed by atoms with Crippen LogP contribution in [-0.2, 0) is 0 Å². The SMILES string of the molecule is C1CCCC(N2CC3(CCNC3)C2)CC1. The van der Waals surface area contributed by atoms with Crippen molar-refractivity contribution in [1.29, 1.82) is 0 Å². The molecule has 2 heterocycles. The van der Waals surface area contributed by atoms with Crippen molar-refractivity contribution in [3.8, 4) is 0 Å². The van der Waals surface area contributed by atoms with Gasteiger partial charge in [0.1, 0.15) is 0 Å². The molecule has 2 aliphatic heterocycles. The Kier molecular flexibility index (Phi) is 2.73. The fourth-order valence-electron chi connectivity index (χ4n) is 3.76. The Morgan fingerprint density at radius 1 is 1.00 bits per heavy atom. The first-order valence-corrected chi connectivity index (χ1v) is 6.83. The van der Waals surface area contributed by atoms with Gasteiger partial charge in [0, 0.05) is 31.1 Å². The summed E-state index contributed by atoms with van der Waals surface area (Å²) in [5.41, 5.74) is 0.701. The highest BCUT2D eigenvalue weighted by Crippen LogP contribution is 2.39. The first-order valence-electron chi connectivity index (χ1n) is 6.83. The monoisotopic (exact) mass is 208 g/mol. The van der Waals surface area contributed by atoms with Crippen LogP contribution in [0.4, 0.5) is 0 Å². The van der Waals surface area contributed by atoms with Crippen LogP contribution in [0.15, 0.2) is 0 Å². The van der Waals surface area contributed by atoms with E-state index in [0.717, 1.165) is 6.04 Å². The molecule has 0 atom stereocenters. The molecule has 0 radical (unpaired) electrons. The molecule has 3 aliphatic rings. The lowest BCUT2D eigenvalue weighted by Crippen LogP contribution is -2.60. The molecule has 0 aromatic heterocycles. The Morgan fingerprint density at radius 2 is 1.73 bits per heavy atom. The zero-order valence-electron chi connectivity index (χ0n) is 9.80. The lowest BCUT2D eigenvalue weighted by molar-refractivity contribution is -0.0221. The maximum atomic E-state index is 3.52. The quantitative estimate of drug-likeness (QED) is 0.663. The third-order valence-electron chi connectivity index (χ3n) is 4.75. The molecule has 1 saturated carbocycles. The number of nitrogens with zero attached hydrogens (tertiary/aromatic N) is 1. The number of rotatable bonds is 1. The molecule has 3 fully saturated rings. The second-order valence-electron chi connectivity index (χ2n) is 5.98. The lowest BCUT2D eigenvalue weighted by Gasteiger charge is -2.51. The summed E-state index contributed by atoms with van der Waals surface area (Å²) in [5, 5.41) is 3.52. The van der Waals surface area contributed by atoms with Gasteiger partial charge in [-0.15, -0.1) is 0 Å². The number of likely N-dealkylation sites (tertiary alicyclic amines) is 1. The van der Waals surface area contributed by atoms with Crippen LogP contribution in [0.5, 0.6) is 0 Å². The average molecular weight is 208 g/mol. The van der Waals surface area contributed by atoms with Crippen molar-refractivity contribution in [3.05, 3.63) is 0 Å². The first-order chi connectivity index (χ1) is 7.38. The van der Waals surface area contributed by atoms with Gasteiger partial charge in [0.2, 0.25) is 0 Å². The second kappa shape index (κ2) is 4.06. The molecular formula is C13H24N2. The van der Waals surface area contributed by atoms with E-state index < -0.39 is 0 Å². The summed E-state index contributed by atoms with van der Waals surface area (Å²) in [5.74, 6) is 0. The van der Waals surface area contributed by atoms with E-state index >= 15 is 0 Å². The summed E-state index contributed by atoms with van der Waals surface area (Å²) in [6.45, 7) is 5.34. The Hall–Kier alpha value is -0.0800. The minimum atomic E-state index is 0.701. The van der Waals surface area contributed by atoms with Gasteiger partial charge in [0.05, 0.1) is 0 Å². The van der Waals surface area contributed by atoms with E-state index in [0.29, 0.717) is 5.41 Å². The lowest BCUT2D eigenvalue weighted by atomic mass is 9.77. The summed E-state index contributed by atoms with van der Waals surface area (Å²) in [4.78, 5) is 2.78. The Morgan fingerprint density at radius 3 is 2.33 bits per heavy atom. The zero-order valence-corrected chi connectivity index (χ0v) is 9.80. The van der Waals surface area contributed by atoms with E-state index in [1.165, 1.54) is 71.1 Å². The maximum absolute atomic E-state index is 3.52. The van der Waals surface area contributed by atoms with Gasteiger partial charge in [-0.3, -0.25) is 4.90 Å². The molecule has 0 aromatic carbocycles. The van der Waals surface area contributed by atoms with E-state index in [2.05, 4.69) is 10.2 Å². The molecule has 2 saturated heterocycles. The zero-order chi connectivity index (χ0) is 10.1. The van der Waals surface area contributed by atoms with Gasteiger partial charge in [-0.05, 0) is 25.8 Å². The summed E-state index contributed by atoms with van der Waals surface area (Å²) in [6.07, 6.45) is 10.3. The van der Waals surface area contributed by atoms with Crippen molar-refractivity contribution in [2.75, 3.05) is 26.2 Å². The van der Waals surface area contributed by atoms with Crippen molar-refractivity contribution in [3.63, 3.8) is 0 Å². The van der Waals surface area contributed by atoms with Crippen molar-refractivity contribution in [2.24, 2.45) is 5.41 Å². The molecule has 1 aliphatic carbocycles. The Labute approximate surface area is 93.4 Å². The molecule has 0 unspecified atom stereocenters. The molecule has 0 amide bonds. The van der Waals surface area contributed by atoms with Gasteiger partial charge < -0.3 is 5.32 Å². The van der Waals surface area contributed by atoms with Crippen LogP contribution in [0.25, 0.3) is 0 Å². The van der Waals surface area contributed by atoms with Gasteiger partial charge in [-0.2, -0.15) is 0 Å². The third-order valence-corrected chi connectivity index (χ3v) is 4.75. The Balaban J connectivity index is 1.52. The molecule has 0 aromatic rings. The molecule has 3 rings (SSSR count). The fraction of sp³-hybridized carbons (Fsp3) is 1.00. The molecular weight excluding hydrogens is 184 g/mol. The highest BCUT2D eigenvalue weighted by Gasteiger charge is 2.46. The fourth-order valence-corrected chi connectivity index (χ4v) is 3.76. The van der Waals surface area contributed by atoms with E-state index in [4.69, 9.17) is 0 Å². The van der Waals surface area contributed by atoms with E-state index in [1.54, 1.807) is 0 Å². The summed E-state index contributed by atoms with van der Waals surface area (Å²) in [6, 6.07) is 0.943. The maximum Gasteiger partial charge on any atom is 0.00957 e. The predicted molar refractivity (Wildman–Crippen MR) is 63.0 cm³/mol. The van der Waals surface area contributed by atoms with Gasteiger partial charge >= 0.3 is 0 Å². The number of hydrogen-bond donors (Lipinski definition) is 1. The van der Waals surface area contributed by atoms with Crippen molar-refractivity contribution in [1.82, 2.24) is 10.2 Å². The summed E-state index contributed by atoms with van der Waals surface area (Å²) in [7, 11) is 0. The van der Waals surface area contributed by atoms with Crippen LogP contribution < -0.4 is 5.32 Å². The third kappa shape index (κ3) is 1.94. The van der Waals surface area contributed by atoms with Crippen LogP contribution in [-0.4, -0.2) is 37.1 Å². The van der Waals surface area contributed by atoms with Crippen LogP contribution in [0, 0.1) is 5.41 Å². The first kappa shape index (κ1) is 10.1. The normalized spacial score (nSPS) is 32.8. The van der Waals surface area contributed by atoms with Crippen molar-refractivity contribution >= 4 is 0 Å². The smallest absolute Gasteiger partial charge is 0.00957 e. The second-order valence-corrected chi connectivity index (χ2v) is 5.98. The number of nitrogens with one attached hydrogen (secondary N) is 1.